The van der Waals surface area contributed by atoms with Gasteiger partial charge in [-0.15, -0.1) is 0 Å². The van der Waals surface area contributed by atoms with Gasteiger partial charge in [0.05, 0.1) is 7.11 Å². The fraction of sp³-hybridized carbons (Fsp3) is 0.462. The zero-order valence-corrected chi connectivity index (χ0v) is 10.3. The predicted octanol–water partition coefficient (Wildman–Crippen LogP) is 2.35. The minimum Gasteiger partial charge on any atom is -0.497 e. The number of carbonyl (C=O) groups excluding carboxylic acids is 1. The van der Waals surface area contributed by atoms with Gasteiger partial charge in [-0.05, 0) is 25.0 Å². The first-order chi connectivity index (χ1) is 8.22. The third-order valence-corrected chi connectivity index (χ3v) is 3.10. The summed E-state index contributed by atoms with van der Waals surface area (Å²) in [7, 11) is 3.43. The van der Waals surface area contributed by atoms with Crippen LogP contribution >= 0.6 is 0 Å². The van der Waals surface area contributed by atoms with Gasteiger partial charge < -0.3 is 9.64 Å². The molecule has 1 aliphatic rings. The molecule has 0 atom stereocenters. The quantitative estimate of drug-likeness (QED) is 0.787. The number of amides is 2. The largest absolute Gasteiger partial charge is 0.497 e. The second-order valence-electron chi connectivity index (χ2n) is 4.24. The highest BCUT2D eigenvalue weighted by Gasteiger charge is 2.22. The van der Waals surface area contributed by atoms with Crippen molar-refractivity contribution in [3.63, 3.8) is 0 Å². The highest BCUT2D eigenvalue weighted by molar-refractivity contribution is 5.91. The van der Waals surface area contributed by atoms with Crippen LogP contribution < -0.4 is 9.64 Å². The molecule has 4 nitrogen and oxygen atoms in total. The van der Waals surface area contributed by atoms with E-state index in [1.165, 1.54) is 0 Å². The summed E-state index contributed by atoms with van der Waals surface area (Å²) in [5.74, 6) is 0.767. The topological polar surface area (TPSA) is 32.8 Å². The normalized spacial score (nSPS) is 14.8. The maximum absolute atomic E-state index is 12.2. The molecule has 1 fully saturated rings. The van der Waals surface area contributed by atoms with Crippen molar-refractivity contribution in [2.75, 3.05) is 32.1 Å². The molecule has 2 rings (SSSR count). The summed E-state index contributed by atoms with van der Waals surface area (Å²) in [4.78, 5) is 15.7. The number of nitrogens with zero attached hydrogens (tertiary/aromatic N) is 2. The van der Waals surface area contributed by atoms with Gasteiger partial charge in [-0.3, -0.25) is 4.90 Å². The van der Waals surface area contributed by atoms with E-state index in [0.29, 0.717) is 0 Å². The van der Waals surface area contributed by atoms with Crippen LogP contribution in [0.5, 0.6) is 5.75 Å². The van der Waals surface area contributed by atoms with Gasteiger partial charge in [-0.25, -0.2) is 4.79 Å². The Morgan fingerprint density at radius 1 is 1.35 bits per heavy atom. The van der Waals surface area contributed by atoms with Gasteiger partial charge in [0.1, 0.15) is 5.75 Å². The van der Waals surface area contributed by atoms with E-state index in [2.05, 4.69) is 0 Å². The van der Waals surface area contributed by atoms with Crippen molar-refractivity contribution in [3.8, 4) is 5.75 Å². The highest BCUT2D eigenvalue weighted by atomic mass is 16.5. The summed E-state index contributed by atoms with van der Waals surface area (Å²) in [6, 6.07) is 7.61. The Balaban J connectivity index is 2.12. The second kappa shape index (κ2) is 5.08. The molecule has 0 saturated carbocycles. The van der Waals surface area contributed by atoms with Crippen molar-refractivity contribution < 1.29 is 9.53 Å². The number of carbonyl (C=O) groups is 1. The molecule has 4 heteroatoms. The predicted molar refractivity (Wildman–Crippen MR) is 67.6 cm³/mol. The number of anilines is 1. The lowest BCUT2D eigenvalue weighted by atomic mass is 10.3. The van der Waals surface area contributed by atoms with Crippen molar-refractivity contribution in [1.29, 1.82) is 0 Å². The number of hydrogen-bond donors (Lipinski definition) is 0. The Morgan fingerprint density at radius 3 is 2.71 bits per heavy atom. The summed E-state index contributed by atoms with van der Waals surface area (Å²) >= 11 is 0. The minimum atomic E-state index is 0.0655. The molecule has 1 saturated heterocycles. The average Bonchev–Trinajstić information content (AvgIpc) is 2.91. The number of ether oxygens (including phenoxy) is 1. The van der Waals surface area contributed by atoms with Gasteiger partial charge in [0.25, 0.3) is 0 Å². The van der Waals surface area contributed by atoms with Gasteiger partial charge in [0.15, 0.2) is 0 Å². The molecule has 0 aromatic heterocycles. The Hall–Kier alpha value is -1.71. The van der Waals surface area contributed by atoms with E-state index in [1.807, 2.05) is 29.2 Å². The van der Waals surface area contributed by atoms with E-state index in [9.17, 15) is 4.79 Å². The minimum absolute atomic E-state index is 0.0655. The Bertz CT molecular complexity index is 400. The van der Waals surface area contributed by atoms with Crippen LogP contribution in [0.2, 0.25) is 0 Å². The lowest BCUT2D eigenvalue weighted by Crippen LogP contribution is -2.39. The fourth-order valence-corrected chi connectivity index (χ4v) is 2.05. The van der Waals surface area contributed by atoms with Gasteiger partial charge in [0.2, 0.25) is 0 Å². The molecule has 2 amide bonds. The van der Waals surface area contributed by atoms with Crippen LogP contribution in [0.15, 0.2) is 24.3 Å². The van der Waals surface area contributed by atoms with Gasteiger partial charge in [-0.1, -0.05) is 6.07 Å². The zero-order chi connectivity index (χ0) is 12.3. The third kappa shape index (κ3) is 2.52. The first-order valence-corrected chi connectivity index (χ1v) is 5.89. The first kappa shape index (κ1) is 11.8. The monoisotopic (exact) mass is 234 g/mol. The molecule has 92 valence electrons. The van der Waals surface area contributed by atoms with E-state index >= 15 is 0 Å². The summed E-state index contributed by atoms with van der Waals surface area (Å²) in [6.45, 7) is 1.74. The average molecular weight is 234 g/mol. The summed E-state index contributed by atoms with van der Waals surface area (Å²) in [5, 5.41) is 0. The van der Waals surface area contributed by atoms with Crippen molar-refractivity contribution in [2.45, 2.75) is 12.8 Å². The Labute approximate surface area is 102 Å². The van der Waals surface area contributed by atoms with Gasteiger partial charge in [0, 0.05) is 31.9 Å². The summed E-state index contributed by atoms with van der Waals surface area (Å²) in [5.41, 5.74) is 0.862. The molecule has 1 aromatic rings. The summed E-state index contributed by atoms with van der Waals surface area (Å²) in [6.07, 6.45) is 2.22. The van der Waals surface area contributed by atoms with Gasteiger partial charge >= 0.3 is 6.03 Å². The number of likely N-dealkylation sites (tertiary alicyclic amines) is 1. The molecule has 1 aliphatic heterocycles. The molecule has 0 unspecified atom stereocenters. The van der Waals surface area contributed by atoms with Gasteiger partial charge in [-0.2, -0.15) is 0 Å². The fourth-order valence-electron chi connectivity index (χ4n) is 2.05. The van der Waals surface area contributed by atoms with Crippen molar-refractivity contribution >= 4 is 11.7 Å². The lowest BCUT2D eigenvalue weighted by Gasteiger charge is -2.24. The molecule has 17 heavy (non-hydrogen) atoms. The standard InChI is InChI=1S/C13H18N2O2/c1-14(13(16)15-8-3-4-9-15)11-6-5-7-12(10-11)17-2/h5-7,10H,3-4,8-9H2,1-2H3. The molecule has 1 aromatic carbocycles. The molecule has 0 bridgehead atoms. The van der Waals surface area contributed by atoms with Crippen molar-refractivity contribution in [1.82, 2.24) is 4.90 Å². The van der Waals surface area contributed by atoms with Crippen molar-refractivity contribution in [2.24, 2.45) is 0 Å². The van der Waals surface area contributed by atoms with E-state index in [0.717, 1.165) is 37.4 Å². The lowest BCUT2D eigenvalue weighted by molar-refractivity contribution is 0.217. The van der Waals surface area contributed by atoms with Crippen LogP contribution in [0.25, 0.3) is 0 Å². The smallest absolute Gasteiger partial charge is 0.324 e. The third-order valence-electron chi connectivity index (χ3n) is 3.10. The molecule has 0 spiro atoms. The summed E-state index contributed by atoms with van der Waals surface area (Å²) < 4.78 is 5.16. The number of urea groups is 1. The number of rotatable bonds is 2. The Kier molecular flexibility index (Phi) is 3.52. The van der Waals surface area contributed by atoms with E-state index < -0.39 is 0 Å². The number of benzene rings is 1. The van der Waals surface area contributed by atoms with E-state index in [4.69, 9.17) is 4.74 Å². The molecule has 0 radical (unpaired) electrons. The molecule has 0 aliphatic carbocycles. The molecule has 0 N–H and O–H groups in total. The zero-order valence-electron chi connectivity index (χ0n) is 10.3. The Morgan fingerprint density at radius 2 is 2.06 bits per heavy atom. The van der Waals surface area contributed by atoms with Crippen LogP contribution in [0.1, 0.15) is 12.8 Å². The molecule has 1 heterocycles. The van der Waals surface area contributed by atoms with Crippen LogP contribution in [0, 0.1) is 0 Å². The number of hydrogen-bond acceptors (Lipinski definition) is 2. The van der Waals surface area contributed by atoms with Crippen LogP contribution in [-0.2, 0) is 0 Å². The SMILES string of the molecule is COc1cccc(N(C)C(=O)N2CCCC2)c1. The second-order valence-corrected chi connectivity index (χ2v) is 4.24. The molecular formula is C13H18N2O2. The van der Waals surface area contributed by atoms with E-state index in [-0.39, 0.29) is 6.03 Å². The highest BCUT2D eigenvalue weighted by Crippen LogP contribution is 2.21. The number of methoxy groups -OCH3 is 1. The van der Waals surface area contributed by atoms with Crippen LogP contribution in [0.4, 0.5) is 10.5 Å². The maximum atomic E-state index is 12.2. The maximum Gasteiger partial charge on any atom is 0.324 e. The van der Waals surface area contributed by atoms with Crippen LogP contribution in [-0.4, -0.2) is 38.2 Å². The van der Waals surface area contributed by atoms with Crippen LogP contribution in [0.3, 0.4) is 0 Å². The molecular weight excluding hydrogens is 216 g/mol. The first-order valence-electron chi connectivity index (χ1n) is 5.89. The van der Waals surface area contributed by atoms with E-state index in [1.54, 1.807) is 19.1 Å². The van der Waals surface area contributed by atoms with Crippen molar-refractivity contribution in [3.05, 3.63) is 24.3 Å².